The Balaban J connectivity index is 2.50. The van der Waals surface area contributed by atoms with E-state index in [1.54, 1.807) is 0 Å². The van der Waals surface area contributed by atoms with Gasteiger partial charge in [-0.2, -0.15) is 0 Å². The number of phenolic OH excluding ortho intramolecular Hbond substituents is 2. The van der Waals surface area contributed by atoms with Crippen LogP contribution < -0.4 is 0 Å². The van der Waals surface area contributed by atoms with E-state index in [0.717, 1.165) is 10.8 Å². The molecule has 0 atom stereocenters. The number of hydrogen-bond donors (Lipinski definition) is 2. The van der Waals surface area contributed by atoms with Gasteiger partial charge in [-0.15, -0.1) is 46.4 Å². The van der Waals surface area contributed by atoms with Crippen molar-refractivity contribution >= 4 is 57.2 Å². The second-order valence-corrected chi connectivity index (χ2v) is 8.02. The van der Waals surface area contributed by atoms with Gasteiger partial charge in [-0.1, -0.05) is 24.3 Å². The van der Waals surface area contributed by atoms with E-state index >= 15 is 0 Å². The highest BCUT2D eigenvalue weighted by Gasteiger charge is 2.21. The summed E-state index contributed by atoms with van der Waals surface area (Å²) in [5.41, 5.74) is 1.35. The van der Waals surface area contributed by atoms with E-state index in [-0.39, 0.29) is 11.5 Å². The molecule has 2 aromatic rings. The predicted molar refractivity (Wildman–Crippen MR) is 121 cm³/mol. The van der Waals surface area contributed by atoms with Crippen molar-refractivity contribution in [3.8, 4) is 11.5 Å². The second kappa shape index (κ2) is 12.2. The molecule has 0 radical (unpaired) electrons. The average Bonchev–Trinajstić information content (AvgIpc) is 2.69. The maximum atomic E-state index is 10.8. The van der Waals surface area contributed by atoms with Gasteiger partial charge in [-0.05, 0) is 10.8 Å². The molecule has 0 aromatic heterocycles. The zero-order valence-electron chi connectivity index (χ0n) is 15.7. The zero-order chi connectivity index (χ0) is 20.5. The fourth-order valence-corrected chi connectivity index (χ4v) is 4.29. The van der Waals surface area contributed by atoms with Crippen molar-refractivity contribution < 1.29 is 10.2 Å². The number of nitrogens with zero attached hydrogens (tertiary/aromatic N) is 2. The molecule has 0 saturated heterocycles. The lowest BCUT2D eigenvalue weighted by molar-refractivity contribution is 0.286. The first kappa shape index (κ1) is 23.7. The van der Waals surface area contributed by atoms with Crippen molar-refractivity contribution in [1.82, 2.24) is 9.80 Å². The van der Waals surface area contributed by atoms with Crippen LogP contribution in [0, 0.1) is 0 Å². The quantitative estimate of drug-likeness (QED) is 0.347. The monoisotopic (exact) mass is 466 g/mol. The predicted octanol–water partition coefficient (Wildman–Crippen LogP) is 4.81. The molecular weight excluding hydrogens is 442 g/mol. The lowest BCUT2D eigenvalue weighted by Gasteiger charge is -2.25. The van der Waals surface area contributed by atoms with Crippen molar-refractivity contribution in [1.29, 1.82) is 0 Å². The topological polar surface area (TPSA) is 46.9 Å². The number of halogens is 4. The first-order chi connectivity index (χ1) is 13.6. The largest absolute Gasteiger partial charge is 0.504 e. The van der Waals surface area contributed by atoms with Crippen LogP contribution in [0.15, 0.2) is 24.3 Å². The van der Waals surface area contributed by atoms with Crippen LogP contribution in [0.4, 0.5) is 0 Å². The zero-order valence-corrected chi connectivity index (χ0v) is 18.7. The molecular formula is C20H26Cl4N2O2. The Hall–Kier alpha value is -0.620. The molecule has 0 aliphatic carbocycles. The third-order valence-corrected chi connectivity index (χ3v) is 5.42. The minimum atomic E-state index is -0.0976. The standard InChI is InChI=1S/C20H26Cl4N2O2/c21-5-9-25(10-6-22)13-17-15-3-1-2-4-16(15)18(20(28)19(17)27)14-26(11-7-23)12-8-24/h1-4,27-28H,5-14H2. The van der Waals surface area contributed by atoms with E-state index < -0.39 is 0 Å². The van der Waals surface area contributed by atoms with Crippen LogP contribution in [0.25, 0.3) is 10.8 Å². The summed E-state index contributed by atoms with van der Waals surface area (Å²) in [5.74, 6) is 1.66. The van der Waals surface area contributed by atoms with Crippen LogP contribution in [-0.4, -0.2) is 69.7 Å². The van der Waals surface area contributed by atoms with Gasteiger partial charge in [-0.25, -0.2) is 0 Å². The first-order valence-electron chi connectivity index (χ1n) is 9.20. The van der Waals surface area contributed by atoms with Crippen LogP contribution in [0.3, 0.4) is 0 Å². The van der Waals surface area contributed by atoms with E-state index in [9.17, 15) is 10.2 Å². The number of alkyl halides is 4. The molecule has 0 unspecified atom stereocenters. The van der Waals surface area contributed by atoms with Gasteiger partial charge < -0.3 is 10.2 Å². The van der Waals surface area contributed by atoms with Gasteiger partial charge in [0.1, 0.15) is 0 Å². The van der Waals surface area contributed by atoms with Crippen LogP contribution in [0.1, 0.15) is 11.1 Å². The Kier molecular flexibility index (Phi) is 10.3. The third kappa shape index (κ3) is 5.94. The normalized spacial score (nSPS) is 11.8. The molecule has 2 N–H and O–H groups in total. The van der Waals surface area contributed by atoms with E-state index in [1.807, 2.05) is 24.3 Å². The van der Waals surface area contributed by atoms with Gasteiger partial charge in [0.25, 0.3) is 0 Å². The summed E-state index contributed by atoms with van der Waals surface area (Å²) in [6, 6.07) is 7.77. The molecule has 28 heavy (non-hydrogen) atoms. The van der Waals surface area contributed by atoms with Crippen LogP contribution in [-0.2, 0) is 13.1 Å². The lowest BCUT2D eigenvalue weighted by Crippen LogP contribution is -2.28. The van der Waals surface area contributed by atoms with Gasteiger partial charge in [0.05, 0.1) is 0 Å². The van der Waals surface area contributed by atoms with Gasteiger partial charge >= 0.3 is 0 Å². The highest BCUT2D eigenvalue weighted by molar-refractivity contribution is 6.18. The highest BCUT2D eigenvalue weighted by Crippen LogP contribution is 2.41. The van der Waals surface area contributed by atoms with Crippen LogP contribution in [0.5, 0.6) is 11.5 Å². The Morgan fingerprint density at radius 2 is 0.929 bits per heavy atom. The van der Waals surface area contributed by atoms with E-state index in [2.05, 4.69) is 9.80 Å². The van der Waals surface area contributed by atoms with Crippen LogP contribution >= 0.6 is 46.4 Å². The van der Waals surface area contributed by atoms with Gasteiger partial charge in [0, 0.05) is 73.9 Å². The summed E-state index contributed by atoms with van der Waals surface area (Å²) in [7, 11) is 0. The van der Waals surface area contributed by atoms with Crippen molar-refractivity contribution in [3.05, 3.63) is 35.4 Å². The Bertz CT molecular complexity index is 686. The molecule has 0 fully saturated rings. The molecule has 0 aliphatic heterocycles. The molecule has 0 heterocycles. The Morgan fingerprint density at radius 3 is 1.21 bits per heavy atom. The summed E-state index contributed by atoms with van der Waals surface area (Å²) < 4.78 is 0. The van der Waals surface area contributed by atoms with Gasteiger partial charge in [0.15, 0.2) is 11.5 Å². The summed E-state index contributed by atoms with van der Waals surface area (Å²) in [6.07, 6.45) is 0. The fraction of sp³-hybridized carbons (Fsp3) is 0.500. The van der Waals surface area contributed by atoms with Crippen molar-refractivity contribution in [2.45, 2.75) is 13.1 Å². The molecule has 0 bridgehead atoms. The van der Waals surface area contributed by atoms with Gasteiger partial charge in [0.2, 0.25) is 0 Å². The van der Waals surface area contributed by atoms with Crippen LogP contribution in [0.2, 0.25) is 0 Å². The Labute approximate surface area is 186 Å². The molecule has 0 aliphatic rings. The molecule has 2 rings (SSSR count). The third-order valence-electron chi connectivity index (χ3n) is 4.74. The number of phenols is 2. The molecule has 0 amide bonds. The van der Waals surface area contributed by atoms with Crippen molar-refractivity contribution in [2.24, 2.45) is 0 Å². The summed E-state index contributed by atoms with van der Waals surface area (Å²) in [6.45, 7) is 3.47. The van der Waals surface area contributed by atoms with E-state index in [4.69, 9.17) is 46.4 Å². The smallest absolute Gasteiger partial charge is 0.162 e. The fourth-order valence-electron chi connectivity index (χ4n) is 3.34. The van der Waals surface area contributed by atoms with E-state index in [0.29, 0.717) is 73.9 Å². The van der Waals surface area contributed by atoms with Gasteiger partial charge in [-0.3, -0.25) is 9.80 Å². The maximum Gasteiger partial charge on any atom is 0.162 e. The highest BCUT2D eigenvalue weighted by atomic mass is 35.5. The SMILES string of the molecule is Oc1c(O)c(CN(CCCl)CCCl)c2ccccc2c1CN(CCCl)CCCl. The van der Waals surface area contributed by atoms with Crippen molar-refractivity contribution in [2.75, 3.05) is 49.7 Å². The summed E-state index contributed by atoms with van der Waals surface area (Å²) in [5, 5.41) is 23.4. The number of hydrogen-bond acceptors (Lipinski definition) is 4. The van der Waals surface area contributed by atoms with E-state index in [1.165, 1.54) is 0 Å². The number of rotatable bonds is 12. The molecule has 156 valence electrons. The number of fused-ring (bicyclic) bond motifs is 1. The lowest BCUT2D eigenvalue weighted by atomic mass is 9.96. The van der Waals surface area contributed by atoms with Crippen molar-refractivity contribution in [3.63, 3.8) is 0 Å². The minimum Gasteiger partial charge on any atom is -0.504 e. The first-order valence-corrected chi connectivity index (χ1v) is 11.3. The molecule has 4 nitrogen and oxygen atoms in total. The number of benzene rings is 2. The molecule has 0 saturated carbocycles. The second-order valence-electron chi connectivity index (χ2n) is 6.51. The summed E-state index contributed by atoms with van der Waals surface area (Å²) >= 11 is 23.6. The number of aromatic hydroxyl groups is 2. The minimum absolute atomic E-state index is 0.0976. The Morgan fingerprint density at radius 1 is 0.607 bits per heavy atom. The summed E-state index contributed by atoms with van der Waals surface area (Å²) in [4.78, 5) is 4.13. The average molecular weight is 468 g/mol. The molecule has 2 aromatic carbocycles. The molecule has 0 spiro atoms. The molecule has 8 heteroatoms. The maximum absolute atomic E-state index is 10.8.